The van der Waals surface area contributed by atoms with E-state index >= 15 is 0 Å². The number of benzene rings is 1. The Balaban J connectivity index is 2.47. The van der Waals surface area contributed by atoms with Crippen molar-refractivity contribution in [2.75, 3.05) is 0 Å². The molecule has 0 N–H and O–H groups in total. The Morgan fingerprint density at radius 1 is 1.33 bits per heavy atom. The molecule has 0 unspecified atom stereocenters. The molecule has 0 fully saturated rings. The molecule has 64 valence electrons. The molecule has 0 saturated heterocycles. The number of carbonyl (C=O) groups is 1. The first-order valence-corrected chi connectivity index (χ1v) is 6.09. The fourth-order valence-corrected chi connectivity index (χ4v) is 2.21. The minimum absolute atomic E-state index is 0.190. The predicted molar refractivity (Wildman–Crippen MR) is 51.4 cm³/mol. The first-order chi connectivity index (χ1) is 5.83. The summed E-state index contributed by atoms with van der Waals surface area (Å²) in [6.45, 7) is 2.06. The van der Waals surface area contributed by atoms with Crippen LogP contribution in [0.25, 0.3) is 0 Å². The molecule has 0 amide bonds. The van der Waals surface area contributed by atoms with Crippen molar-refractivity contribution in [2.45, 2.75) is 18.7 Å². The van der Waals surface area contributed by atoms with Crippen molar-refractivity contribution in [3.05, 3.63) is 35.9 Å². The molecule has 12 heavy (non-hydrogen) atoms. The van der Waals surface area contributed by atoms with Gasteiger partial charge < -0.3 is 0 Å². The molecule has 1 rings (SSSR count). The van der Waals surface area contributed by atoms with Gasteiger partial charge in [-0.05, 0) is 0 Å². The van der Waals surface area contributed by atoms with E-state index in [0.717, 1.165) is 10.9 Å². The van der Waals surface area contributed by atoms with Crippen LogP contribution in [0.1, 0.15) is 12.5 Å². The molecule has 0 aliphatic heterocycles. The topological polar surface area (TPSA) is 17.1 Å². The van der Waals surface area contributed by atoms with E-state index in [-0.39, 0.29) is 15.0 Å². The summed E-state index contributed by atoms with van der Waals surface area (Å²) in [5, 5.41) is 1.01. The summed E-state index contributed by atoms with van der Waals surface area (Å²) in [6, 6.07) is 9.93. The van der Waals surface area contributed by atoms with Gasteiger partial charge in [0.15, 0.2) is 0 Å². The Hall–Kier alpha value is -0.591. The SMILES string of the molecule is CC[Se]C(=O)Cc1ccccc1. The van der Waals surface area contributed by atoms with Gasteiger partial charge in [0.2, 0.25) is 0 Å². The van der Waals surface area contributed by atoms with Crippen molar-refractivity contribution in [1.82, 2.24) is 0 Å². The van der Waals surface area contributed by atoms with Crippen molar-refractivity contribution < 1.29 is 4.79 Å². The van der Waals surface area contributed by atoms with Gasteiger partial charge in [0, 0.05) is 0 Å². The maximum atomic E-state index is 11.2. The molecule has 0 radical (unpaired) electrons. The Bertz CT molecular complexity index is 243. The molecule has 1 nitrogen and oxygen atoms in total. The van der Waals surface area contributed by atoms with Gasteiger partial charge in [-0.2, -0.15) is 0 Å². The molecule has 0 saturated carbocycles. The van der Waals surface area contributed by atoms with Gasteiger partial charge in [-0.15, -0.1) is 0 Å². The first-order valence-electron chi connectivity index (χ1n) is 4.02. The summed E-state index contributed by atoms with van der Waals surface area (Å²) in [5.74, 6) is 0. The number of hydrogen-bond donors (Lipinski definition) is 0. The first kappa shape index (κ1) is 9.50. The monoisotopic (exact) mass is 228 g/mol. The van der Waals surface area contributed by atoms with Gasteiger partial charge in [-0.1, -0.05) is 0 Å². The molecular formula is C10H12OSe. The van der Waals surface area contributed by atoms with Crippen LogP contribution in [0, 0.1) is 0 Å². The van der Waals surface area contributed by atoms with Crippen LogP contribution in [0.2, 0.25) is 5.32 Å². The molecule has 2 heteroatoms. The van der Waals surface area contributed by atoms with E-state index in [4.69, 9.17) is 0 Å². The Kier molecular flexibility index (Phi) is 4.06. The van der Waals surface area contributed by atoms with Crippen LogP contribution < -0.4 is 0 Å². The average Bonchev–Trinajstić information content (AvgIpc) is 2.06. The van der Waals surface area contributed by atoms with Crippen LogP contribution in [0.15, 0.2) is 30.3 Å². The van der Waals surface area contributed by atoms with Crippen molar-refractivity contribution in [1.29, 1.82) is 0 Å². The summed E-state index contributed by atoms with van der Waals surface area (Å²) >= 11 is 0.190. The number of rotatable bonds is 4. The zero-order chi connectivity index (χ0) is 8.81. The number of carbonyl (C=O) groups excluding carboxylic acids is 1. The molecule has 0 atom stereocenters. The quantitative estimate of drug-likeness (QED) is 0.718. The third-order valence-corrected chi connectivity index (χ3v) is 3.08. The zero-order valence-electron chi connectivity index (χ0n) is 7.12. The van der Waals surface area contributed by atoms with E-state index in [1.807, 2.05) is 30.3 Å². The van der Waals surface area contributed by atoms with E-state index in [9.17, 15) is 4.79 Å². The third kappa shape index (κ3) is 3.20. The van der Waals surface area contributed by atoms with Gasteiger partial charge in [-0.3, -0.25) is 0 Å². The fraction of sp³-hybridized carbons (Fsp3) is 0.300. The Labute approximate surface area is 79.3 Å². The van der Waals surface area contributed by atoms with E-state index < -0.39 is 0 Å². The van der Waals surface area contributed by atoms with E-state index in [1.165, 1.54) is 0 Å². The van der Waals surface area contributed by atoms with Crippen LogP contribution in [0.3, 0.4) is 0 Å². The second-order valence-electron chi connectivity index (χ2n) is 2.47. The second-order valence-corrected chi connectivity index (χ2v) is 5.24. The summed E-state index contributed by atoms with van der Waals surface area (Å²) in [4.78, 5) is 11.2. The maximum absolute atomic E-state index is 11.2. The molecule has 0 heterocycles. The van der Waals surface area contributed by atoms with Crippen molar-refractivity contribution in [2.24, 2.45) is 0 Å². The van der Waals surface area contributed by atoms with E-state index in [1.54, 1.807) is 0 Å². The molecule has 0 aliphatic carbocycles. The molecule has 1 aromatic rings. The van der Waals surface area contributed by atoms with Crippen molar-refractivity contribution in [3.8, 4) is 0 Å². The standard InChI is InChI=1S/C10H12OSe/c1-2-12-10(11)8-9-6-4-3-5-7-9/h3-7H,2,8H2,1H3. The molecule has 0 aliphatic rings. The minimum atomic E-state index is 0.190. The third-order valence-electron chi connectivity index (χ3n) is 1.50. The second kappa shape index (κ2) is 5.13. The predicted octanol–water partition coefficient (Wildman–Crippen LogP) is 1.90. The summed E-state index contributed by atoms with van der Waals surface area (Å²) < 4.78 is 0.399. The summed E-state index contributed by atoms with van der Waals surface area (Å²) in [7, 11) is 0. The van der Waals surface area contributed by atoms with Crippen LogP contribution in [0.5, 0.6) is 0 Å². The summed E-state index contributed by atoms with van der Waals surface area (Å²) in [6.07, 6.45) is 0.620. The Morgan fingerprint density at radius 3 is 2.58 bits per heavy atom. The van der Waals surface area contributed by atoms with Crippen molar-refractivity contribution >= 4 is 19.6 Å². The average molecular weight is 227 g/mol. The van der Waals surface area contributed by atoms with Gasteiger partial charge in [0.25, 0.3) is 0 Å². The molecule has 0 aromatic heterocycles. The fourth-order valence-electron chi connectivity index (χ4n) is 0.975. The van der Waals surface area contributed by atoms with E-state index in [0.29, 0.717) is 11.1 Å². The number of hydrogen-bond acceptors (Lipinski definition) is 1. The van der Waals surface area contributed by atoms with Crippen LogP contribution in [0.4, 0.5) is 0 Å². The normalized spacial score (nSPS) is 9.75. The molecule has 0 spiro atoms. The van der Waals surface area contributed by atoms with E-state index in [2.05, 4.69) is 6.92 Å². The zero-order valence-corrected chi connectivity index (χ0v) is 8.83. The van der Waals surface area contributed by atoms with Crippen molar-refractivity contribution in [3.63, 3.8) is 0 Å². The van der Waals surface area contributed by atoms with Crippen LogP contribution in [-0.4, -0.2) is 19.6 Å². The Morgan fingerprint density at radius 2 is 2.00 bits per heavy atom. The van der Waals surface area contributed by atoms with Crippen LogP contribution >= 0.6 is 0 Å². The van der Waals surface area contributed by atoms with Gasteiger partial charge in [0.1, 0.15) is 0 Å². The molecule has 1 aromatic carbocycles. The van der Waals surface area contributed by atoms with Crippen LogP contribution in [-0.2, 0) is 11.2 Å². The van der Waals surface area contributed by atoms with Gasteiger partial charge in [-0.25, -0.2) is 0 Å². The molecule has 0 bridgehead atoms. The summed E-state index contributed by atoms with van der Waals surface area (Å²) in [5.41, 5.74) is 1.14. The van der Waals surface area contributed by atoms with Gasteiger partial charge in [0.05, 0.1) is 0 Å². The van der Waals surface area contributed by atoms with Gasteiger partial charge >= 0.3 is 79.0 Å². The molecular weight excluding hydrogens is 215 g/mol.